The number of likely N-dealkylation sites (tertiary alicyclic amines) is 1. The second-order valence-corrected chi connectivity index (χ2v) is 8.29. The summed E-state index contributed by atoms with van der Waals surface area (Å²) in [7, 11) is -1.46. The maximum atomic E-state index is 12.4. The van der Waals surface area contributed by atoms with E-state index in [4.69, 9.17) is 9.92 Å². The number of hydrogen-bond acceptors (Lipinski definition) is 6. The molecule has 0 bridgehead atoms. The number of nitrogens with zero attached hydrogens (tertiary/aromatic N) is 1. The molecule has 0 radical (unpaired) electrons. The van der Waals surface area contributed by atoms with Crippen LogP contribution in [0.3, 0.4) is 0 Å². The number of nitrogens with two attached hydrogens (primary N) is 1. The highest BCUT2D eigenvalue weighted by molar-refractivity contribution is 7.85. The molecule has 0 amide bonds. The lowest BCUT2D eigenvalue weighted by atomic mass is 9.71. The fourth-order valence-electron chi connectivity index (χ4n) is 3.93. The summed E-state index contributed by atoms with van der Waals surface area (Å²) in [6, 6.07) is 5.74. The molecule has 0 saturated carbocycles. The van der Waals surface area contributed by atoms with E-state index in [1.54, 1.807) is 6.07 Å². The van der Waals surface area contributed by atoms with Crippen LogP contribution >= 0.6 is 0 Å². The molecule has 7 heteroatoms. The van der Waals surface area contributed by atoms with E-state index in [0.717, 1.165) is 24.8 Å². The SMILES string of the molecule is CN1CC(COS(C)(=O)=O)CC2c3cccc(N)c3C(=O)CC21. The van der Waals surface area contributed by atoms with Crippen molar-refractivity contribution < 1.29 is 17.4 Å². The second kappa shape index (κ2) is 5.89. The number of likely N-dealkylation sites (N-methyl/N-ethyl adjacent to an activating group) is 1. The van der Waals surface area contributed by atoms with Crippen molar-refractivity contribution in [2.75, 3.05) is 32.2 Å². The van der Waals surface area contributed by atoms with E-state index >= 15 is 0 Å². The summed E-state index contributed by atoms with van der Waals surface area (Å²) in [5, 5.41) is 0. The van der Waals surface area contributed by atoms with Crippen LogP contribution < -0.4 is 5.73 Å². The van der Waals surface area contributed by atoms with Gasteiger partial charge in [0.2, 0.25) is 0 Å². The molecule has 6 nitrogen and oxygen atoms in total. The van der Waals surface area contributed by atoms with Crippen molar-refractivity contribution in [3.05, 3.63) is 29.3 Å². The largest absolute Gasteiger partial charge is 0.398 e. The summed E-state index contributed by atoms with van der Waals surface area (Å²) in [6.07, 6.45) is 2.33. The summed E-state index contributed by atoms with van der Waals surface area (Å²) in [4.78, 5) is 14.6. The molecule has 3 unspecified atom stereocenters. The Kier molecular flexibility index (Phi) is 4.20. The minimum Gasteiger partial charge on any atom is -0.398 e. The van der Waals surface area contributed by atoms with Crippen molar-refractivity contribution in [3.8, 4) is 0 Å². The maximum absolute atomic E-state index is 12.4. The Morgan fingerprint density at radius 3 is 2.83 bits per heavy atom. The van der Waals surface area contributed by atoms with E-state index in [1.807, 2.05) is 19.2 Å². The molecule has 3 atom stereocenters. The zero-order chi connectivity index (χ0) is 16.8. The Bertz CT molecular complexity index is 732. The number of benzene rings is 1. The monoisotopic (exact) mass is 338 g/mol. The molecular weight excluding hydrogens is 316 g/mol. The highest BCUT2D eigenvalue weighted by atomic mass is 32.2. The highest BCUT2D eigenvalue weighted by Gasteiger charge is 2.42. The van der Waals surface area contributed by atoms with Crippen molar-refractivity contribution >= 4 is 21.6 Å². The molecule has 2 N–H and O–H groups in total. The van der Waals surface area contributed by atoms with Gasteiger partial charge in [0.15, 0.2) is 5.78 Å². The predicted octanol–water partition coefficient (Wildman–Crippen LogP) is 1.24. The van der Waals surface area contributed by atoms with E-state index < -0.39 is 10.1 Å². The molecule has 2 aliphatic rings. The summed E-state index contributed by atoms with van der Waals surface area (Å²) in [5.41, 5.74) is 8.16. The van der Waals surface area contributed by atoms with E-state index in [9.17, 15) is 13.2 Å². The lowest BCUT2D eigenvalue weighted by Gasteiger charge is -2.45. The van der Waals surface area contributed by atoms with Crippen LogP contribution in [0.2, 0.25) is 0 Å². The standard InChI is InChI=1S/C16H22N2O4S/c1-18-8-10(9-22-23(2,20)21)6-12-11-4-3-5-13(17)16(11)15(19)7-14(12)18/h3-5,10,12,14H,6-9,17H2,1-2H3. The fraction of sp³-hybridized carbons (Fsp3) is 0.562. The van der Waals surface area contributed by atoms with Gasteiger partial charge in [-0.3, -0.25) is 8.98 Å². The van der Waals surface area contributed by atoms with Gasteiger partial charge in [0.25, 0.3) is 10.1 Å². The number of carbonyl (C=O) groups is 1. The van der Waals surface area contributed by atoms with Crippen molar-refractivity contribution in [1.82, 2.24) is 4.90 Å². The lowest BCUT2D eigenvalue weighted by molar-refractivity contribution is 0.0651. The third-order valence-corrected chi connectivity index (χ3v) is 5.45. The predicted molar refractivity (Wildman–Crippen MR) is 87.9 cm³/mol. The van der Waals surface area contributed by atoms with Crippen LogP contribution in [0.4, 0.5) is 5.69 Å². The van der Waals surface area contributed by atoms with Gasteiger partial charge in [-0.2, -0.15) is 8.42 Å². The van der Waals surface area contributed by atoms with E-state index in [0.29, 0.717) is 17.7 Å². The first kappa shape index (κ1) is 16.4. The Morgan fingerprint density at radius 2 is 2.13 bits per heavy atom. The Labute approximate surface area is 136 Å². The van der Waals surface area contributed by atoms with Gasteiger partial charge in [-0.05, 0) is 31.0 Å². The van der Waals surface area contributed by atoms with Crippen LogP contribution in [0.25, 0.3) is 0 Å². The third kappa shape index (κ3) is 3.27. The second-order valence-electron chi connectivity index (χ2n) is 6.64. The quantitative estimate of drug-likeness (QED) is 0.659. The van der Waals surface area contributed by atoms with E-state index in [1.165, 1.54) is 0 Å². The summed E-state index contributed by atoms with van der Waals surface area (Å²) < 4.78 is 27.4. The van der Waals surface area contributed by atoms with Crippen LogP contribution in [-0.2, 0) is 14.3 Å². The van der Waals surface area contributed by atoms with Gasteiger partial charge in [0.1, 0.15) is 0 Å². The number of hydrogen-bond donors (Lipinski definition) is 1. The lowest BCUT2D eigenvalue weighted by Crippen LogP contribution is -2.49. The number of piperidine rings is 1. The molecule has 3 rings (SSSR count). The zero-order valence-electron chi connectivity index (χ0n) is 13.4. The molecule has 1 aliphatic heterocycles. The highest BCUT2D eigenvalue weighted by Crippen LogP contribution is 2.43. The van der Waals surface area contributed by atoms with Crippen LogP contribution in [0.1, 0.15) is 34.7 Å². The number of ketones is 1. The van der Waals surface area contributed by atoms with Crippen LogP contribution in [-0.4, -0.2) is 51.6 Å². The molecule has 1 fully saturated rings. The maximum Gasteiger partial charge on any atom is 0.264 e. The first-order valence-electron chi connectivity index (χ1n) is 7.72. The van der Waals surface area contributed by atoms with Gasteiger partial charge in [-0.1, -0.05) is 12.1 Å². The minimum atomic E-state index is -3.44. The normalized spacial score (nSPS) is 28.3. The van der Waals surface area contributed by atoms with Gasteiger partial charge in [0.05, 0.1) is 12.9 Å². The van der Waals surface area contributed by atoms with Crippen LogP contribution in [0.15, 0.2) is 18.2 Å². The molecule has 0 spiro atoms. The van der Waals surface area contributed by atoms with Crippen molar-refractivity contribution in [1.29, 1.82) is 0 Å². The average molecular weight is 338 g/mol. The fourth-order valence-corrected chi connectivity index (χ4v) is 4.36. The Morgan fingerprint density at radius 1 is 1.39 bits per heavy atom. The van der Waals surface area contributed by atoms with Crippen LogP contribution in [0, 0.1) is 5.92 Å². The van der Waals surface area contributed by atoms with Gasteiger partial charge in [0, 0.05) is 36.2 Å². The van der Waals surface area contributed by atoms with E-state index in [2.05, 4.69) is 4.90 Å². The molecule has 1 aromatic carbocycles. The zero-order valence-corrected chi connectivity index (χ0v) is 14.2. The number of fused-ring (bicyclic) bond motifs is 3. The number of rotatable bonds is 3. The Hall–Kier alpha value is -1.44. The van der Waals surface area contributed by atoms with Gasteiger partial charge in [-0.25, -0.2) is 0 Å². The molecule has 1 aliphatic carbocycles. The van der Waals surface area contributed by atoms with Crippen LogP contribution in [0.5, 0.6) is 0 Å². The first-order chi connectivity index (χ1) is 10.8. The molecule has 1 heterocycles. The summed E-state index contributed by atoms with van der Waals surface area (Å²) >= 11 is 0. The smallest absolute Gasteiger partial charge is 0.264 e. The molecular formula is C16H22N2O4S. The van der Waals surface area contributed by atoms with Crippen molar-refractivity contribution in [3.63, 3.8) is 0 Å². The molecule has 1 saturated heterocycles. The summed E-state index contributed by atoms with van der Waals surface area (Å²) in [6.45, 7) is 0.902. The molecule has 0 aromatic heterocycles. The van der Waals surface area contributed by atoms with E-state index in [-0.39, 0.29) is 30.3 Å². The van der Waals surface area contributed by atoms with Gasteiger partial charge in [-0.15, -0.1) is 0 Å². The molecule has 23 heavy (non-hydrogen) atoms. The van der Waals surface area contributed by atoms with Crippen molar-refractivity contribution in [2.24, 2.45) is 5.92 Å². The first-order valence-corrected chi connectivity index (χ1v) is 9.54. The molecule has 126 valence electrons. The topological polar surface area (TPSA) is 89.7 Å². The Balaban J connectivity index is 1.88. The van der Waals surface area contributed by atoms with Gasteiger partial charge >= 0.3 is 0 Å². The minimum absolute atomic E-state index is 0.0945. The van der Waals surface area contributed by atoms with Gasteiger partial charge < -0.3 is 10.6 Å². The average Bonchev–Trinajstić information content (AvgIpc) is 2.46. The van der Waals surface area contributed by atoms with Crippen molar-refractivity contribution in [2.45, 2.75) is 24.8 Å². The molecule has 1 aromatic rings. The number of Topliss-reactive ketones (excluding diaryl/α,β-unsaturated/α-hetero) is 1. The third-order valence-electron chi connectivity index (χ3n) is 4.88. The summed E-state index contributed by atoms with van der Waals surface area (Å²) in [5.74, 6) is 0.383. The number of nitrogen functional groups attached to an aromatic ring is 1. The number of carbonyl (C=O) groups excluding carboxylic acids is 1. The number of anilines is 1.